The Hall–Kier alpha value is -6.03. The van der Waals surface area contributed by atoms with E-state index in [1.807, 2.05) is 12.1 Å². The van der Waals surface area contributed by atoms with Crippen LogP contribution in [-0.4, -0.2) is 141 Å². The molecular formula is C55H71N7O8. The van der Waals surface area contributed by atoms with Crippen molar-refractivity contribution in [3.63, 3.8) is 0 Å². The summed E-state index contributed by atoms with van der Waals surface area (Å²) in [6, 6.07) is 17.4. The van der Waals surface area contributed by atoms with Crippen molar-refractivity contribution in [2.24, 2.45) is 11.3 Å². The van der Waals surface area contributed by atoms with Crippen molar-refractivity contribution in [2.75, 3.05) is 53.4 Å². The molecule has 0 saturated carbocycles. The van der Waals surface area contributed by atoms with Crippen molar-refractivity contribution in [3.8, 4) is 28.1 Å². The van der Waals surface area contributed by atoms with Crippen LogP contribution in [0.4, 0.5) is 0 Å². The number of phenols is 1. The fourth-order valence-corrected chi connectivity index (χ4v) is 11.2. The number of piperidine rings is 1. The lowest BCUT2D eigenvalue weighted by Gasteiger charge is -2.37. The molecule has 0 radical (unpaired) electrons. The normalized spacial score (nSPS) is 22.9. The van der Waals surface area contributed by atoms with Gasteiger partial charge in [0, 0.05) is 55.8 Å². The predicted octanol–water partition coefficient (Wildman–Crippen LogP) is 5.79. The van der Waals surface area contributed by atoms with Crippen LogP contribution < -0.4 is 10.7 Å². The maximum atomic E-state index is 14.8. The molecule has 4 aromatic rings. The van der Waals surface area contributed by atoms with Crippen LogP contribution in [0.5, 0.6) is 5.75 Å². The second-order valence-corrected chi connectivity index (χ2v) is 21.3. The Morgan fingerprint density at radius 2 is 1.69 bits per heavy atom. The van der Waals surface area contributed by atoms with Gasteiger partial charge in [0.15, 0.2) is 5.60 Å². The van der Waals surface area contributed by atoms with Gasteiger partial charge in [-0.15, -0.1) is 0 Å². The van der Waals surface area contributed by atoms with Crippen molar-refractivity contribution in [1.29, 1.82) is 0 Å². The zero-order valence-electron chi connectivity index (χ0n) is 41.9. The van der Waals surface area contributed by atoms with E-state index in [0.717, 1.165) is 77.4 Å². The van der Waals surface area contributed by atoms with E-state index in [2.05, 4.69) is 91.0 Å². The summed E-state index contributed by atoms with van der Waals surface area (Å²) in [5.41, 5.74) is 8.60. The number of likely N-dealkylation sites (tertiary alicyclic amines) is 2. The van der Waals surface area contributed by atoms with E-state index in [0.29, 0.717) is 30.7 Å². The first kappa shape index (κ1) is 50.4. The second-order valence-electron chi connectivity index (χ2n) is 21.3. The van der Waals surface area contributed by atoms with Gasteiger partial charge in [-0.2, -0.15) is 0 Å². The van der Waals surface area contributed by atoms with Crippen molar-refractivity contribution in [2.45, 2.75) is 116 Å². The molecule has 6 bridgehead atoms. The molecule has 15 heteroatoms. The lowest BCUT2D eigenvalue weighted by Crippen LogP contribution is -2.63. The smallest absolute Gasteiger partial charge is 0.324 e. The molecule has 15 nitrogen and oxygen atoms in total. The highest BCUT2D eigenvalue weighted by atomic mass is 16.5. The molecule has 3 aromatic carbocycles. The van der Waals surface area contributed by atoms with E-state index in [4.69, 9.17) is 4.74 Å². The fourth-order valence-electron chi connectivity index (χ4n) is 11.2. The highest BCUT2D eigenvalue weighted by Crippen LogP contribution is 2.41. The summed E-state index contributed by atoms with van der Waals surface area (Å²) in [6.45, 7) is 16.6. The maximum Gasteiger partial charge on any atom is 0.324 e. The predicted molar refractivity (Wildman–Crippen MR) is 269 cm³/mol. The Morgan fingerprint density at radius 1 is 0.971 bits per heavy atom. The number of benzene rings is 3. The van der Waals surface area contributed by atoms with Gasteiger partial charge in [0.25, 0.3) is 11.8 Å². The molecule has 70 heavy (non-hydrogen) atoms. The number of carbonyl (C=O) groups is 5. The van der Waals surface area contributed by atoms with E-state index >= 15 is 0 Å². The Morgan fingerprint density at radius 3 is 2.37 bits per heavy atom. The van der Waals surface area contributed by atoms with Crippen molar-refractivity contribution in [1.82, 2.24) is 35.0 Å². The van der Waals surface area contributed by atoms with E-state index in [1.165, 1.54) is 27.4 Å². The summed E-state index contributed by atoms with van der Waals surface area (Å²) in [7, 11) is 3.62. The first-order valence-corrected chi connectivity index (χ1v) is 25.0. The van der Waals surface area contributed by atoms with Crippen LogP contribution in [0.15, 0.2) is 73.3 Å². The van der Waals surface area contributed by atoms with Crippen LogP contribution in [0.3, 0.4) is 0 Å². The van der Waals surface area contributed by atoms with Crippen LogP contribution in [0.25, 0.3) is 33.3 Å². The van der Waals surface area contributed by atoms with Crippen LogP contribution >= 0.6 is 0 Å². The number of nitrogens with zero attached hydrogens (tertiary/aromatic N) is 5. The van der Waals surface area contributed by atoms with Crippen molar-refractivity contribution in [3.05, 3.63) is 90.0 Å². The molecule has 5 heterocycles. The van der Waals surface area contributed by atoms with Gasteiger partial charge in [0.2, 0.25) is 11.8 Å². The molecule has 1 unspecified atom stereocenters. The van der Waals surface area contributed by atoms with Crippen LogP contribution in [-0.2, 0) is 48.1 Å². The number of likely N-dealkylation sites (N-methyl/N-ethyl adjacent to an activating group) is 1. The minimum Gasteiger partial charge on any atom is -0.508 e. The number of cyclic esters (lactones) is 1. The van der Waals surface area contributed by atoms with Gasteiger partial charge in [0.05, 0.1) is 18.8 Å². The molecule has 0 spiro atoms. The number of nitrogens with one attached hydrogen (secondary N) is 2. The van der Waals surface area contributed by atoms with E-state index in [9.17, 15) is 34.2 Å². The number of aliphatic hydroxyl groups is 1. The zero-order valence-corrected chi connectivity index (χ0v) is 41.9. The largest absolute Gasteiger partial charge is 0.508 e. The molecular weight excluding hydrogens is 887 g/mol. The number of aromatic nitrogens is 1. The number of hydrazine groups is 1. The van der Waals surface area contributed by atoms with Gasteiger partial charge in [0.1, 0.15) is 23.9 Å². The molecule has 4 aliphatic rings. The number of esters is 1. The standard InChI is InChI=1S/C55H71N7O8/c1-9-47(64)60-25-21-55(69,32-60)53(68)59(8)48(34(3)4)50(65)56-45-28-35-26-40(29-41(63)27-35)39-17-18-46-42(30-39)43(31-54(5,6)33-70-52(67)44-12-11-22-62(57-44)51(45)66)49(61(46)10-2)38-15-13-36(14-16-38)37-19-23-58(7)24-20-37/h9,13-18,26-27,29-30,34,37,44-45,48,57,63,69H,1,10-12,19-25,28,31-33H2,2-8H3,(H,56,65)/t44-,45-,48-,55?/m0/s1. The summed E-state index contributed by atoms with van der Waals surface area (Å²) in [5.74, 6) is -2.72. The van der Waals surface area contributed by atoms with Crippen molar-refractivity contribution >= 4 is 40.5 Å². The summed E-state index contributed by atoms with van der Waals surface area (Å²) in [4.78, 5) is 74.6. The molecule has 4 atom stereocenters. The third kappa shape index (κ3) is 10.4. The van der Waals surface area contributed by atoms with Gasteiger partial charge in [-0.05, 0) is 135 Å². The Kier molecular flexibility index (Phi) is 14.7. The number of hydrogen-bond donors (Lipinski definition) is 4. The molecule has 8 rings (SSSR count). The number of aryl methyl sites for hydroxylation is 1. The number of hydrogen-bond acceptors (Lipinski definition) is 10. The topological polar surface area (TPSA) is 177 Å². The Bertz CT molecular complexity index is 2650. The highest BCUT2D eigenvalue weighted by Gasteiger charge is 2.48. The SMILES string of the molecule is C=CC(=O)N1CCC(O)(C(=O)N(C)[C@H](C(=O)N[C@H]2Cc3cc(O)cc(c3)-c3ccc4c(c3)c(c(-c3ccc(C5CCN(C)CC5)cc3)n4CC)CC(C)(C)COC(=O)[C@@H]3CCCN(N3)C2=O)C(C)C)C1. The average Bonchev–Trinajstić information content (AvgIpc) is 3.89. The molecule has 4 amide bonds. The molecule has 374 valence electrons. The molecule has 4 aliphatic heterocycles. The van der Waals surface area contributed by atoms with E-state index < -0.39 is 64.7 Å². The maximum absolute atomic E-state index is 14.8. The van der Waals surface area contributed by atoms with Gasteiger partial charge < -0.3 is 39.5 Å². The summed E-state index contributed by atoms with van der Waals surface area (Å²) >= 11 is 0. The number of β-amino-alcohol motifs (C(OH)–C–C–N with tert-alkyl or cyclic N) is 1. The number of rotatable bonds is 9. The summed E-state index contributed by atoms with van der Waals surface area (Å²) < 4.78 is 8.49. The van der Waals surface area contributed by atoms with Gasteiger partial charge in [-0.1, -0.05) is 70.7 Å². The monoisotopic (exact) mass is 958 g/mol. The molecule has 3 saturated heterocycles. The first-order chi connectivity index (χ1) is 33.3. The number of phenolic OH excluding ortho intramolecular Hbond substituents is 1. The van der Waals surface area contributed by atoms with Crippen LogP contribution in [0.2, 0.25) is 0 Å². The molecule has 1 aromatic heterocycles. The quantitative estimate of drug-likeness (QED) is 0.119. The summed E-state index contributed by atoms with van der Waals surface area (Å²) in [6.07, 6.45) is 4.85. The summed E-state index contributed by atoms with van der Waals surface area (Å²) in [5, 5.41) is 28.2. The zero-order chi connectivity index (χ0) is 50.2. The lowest BCUT2D eigenvalue weighted by atomic mass is 9.84. The highest BCUT2D eigenvalue weighted by molar-refractivity contribution is 5.97. The molecule has 0 aliphatic carbocycles. The van der Waals surface area contributed by atoms with E-state index in [1.54, 1.807) is 26.0 Å². The van der Waals surface area contributed by atoms with Crippen molar-refractivity contribution < 1.29 is 38.9 Å². The van der Waals surface area contributed by atoms with Gasteiger partial charge in [-0.3, -0.25) is 29.0 Å². The number of carbonyl (C=O) groups excluding carboxylic acids is 5. The van der Waals surface area contributed by atoms with Crippen LogP contribution in [0.1, 0.15) is 89.3 Å². The lowest BCUT2D eigenvalue weighted by molar-refractivity contribution is -0.156. The number of amides is 4. The Balaban J connectivity index is 1.17. The third-order valence-electron chi connectivity index (χ3n) is 15.0. The number of fused-ring (bicyclic) bond motifs is 6. The number of ether oxygens (including phenoxy) is 1. The second kappa shape index (κ2) is 20.4. The first-order valence-electron chi connectivity index (χ1n) is 25.0. The minimum atomic E-state index is -1.92. The Labute approximate surface area is 411 Å². The van der Waals surface area contributed by atoms with Gasteiger partial charge in [-0.25, -0.2) is 5.43 Å². The minimum absolute atomic E-state index is 0.0166. The molecule has 4 N–H and O–H groups in total. The molecule has 3 fully saturated rings. The fraction of sp³-hybridized carbons (Fsp3) is 0.509. The van der Waals surface area contributed by atoms with Gasteiger partial charge >= 0.3 is 5.97 Å². The van der Waals surface area contributed by atoms with Crippen LogP contribution in [0, 0.1) is 11.3 Å². The number of aromatic hydroxyl groups is 1. The average molecular weight is 958 g/mol. The van der Waals surface area contributed by atoms with E-state index in [-0.39, 0.29) is 44.8 Å². The third-order valence-corrected chi connectivity index (χ3v) is 15.0.